The normalized spacial score (nSPS) is 22.8. The number of benzene rings is 1. The lowest BCUT2D eigenvalue weighted by Crippen LogP contribution is -2.30. The van der Waals surface area contributed by atoms with E-state index in [0.717, 1.165) is 0 Å². The fourth-order valence-electron chi connectivity index (χ4n) is 2.35. The molecule has 4 nitrogen and oxygen atoms in total. The number of methoxy groups -OCH3 is 2. The number of carbonyl (C=O) groups is 1. The molecule has 0 radical (unpaired) electrons. The summed E-state index contributed by atoms with van der Waals surface area (Å²) in [5.41, 5.74) is 0.572. The first-order valence-electron chi connectivity index (χ1n) is 6.18. The highest BCUT2D eigenvalue weighted by atomic mass is 19.1. The van der Waals surface area contributed by atoms with Crippen LogP contribution in [-0.2, 0) is 9.47 Å². The van der Waals surface area contributed by atoms with Crippen LogP contribution in [0.1, 0.15) is 15.9 Å². The molecule has 0 spiro atoms. The van der Waals surface area contributed by atoms with Crippen molar-refractivity contribution < 1.29 is 18.7 Å². The van der Waals surface area contributed by atoms with E-state index < -0.39 is 5.82 Å². The first-order valence-corrected chi connectivity index (χ1v) is 6.18. The maximum absolute atomic E-state index is 14.0. The van der Waals surface area contributed by atoms with Crippen LogP contribution in [0.5, 0.6) is 0 Å². The summed E-state index contributed by atoms with van der Waals surface area (Å²) < 4.78 is 24.5. The molecule has 1 fully saturated rings. The Bertz CT molecular complexity index is 466. The minimum absolute atomic E-state index is 0.103. The van der Waals surface area contributed by atoms with Crippen molar-refractivity contribution in [3.05, 3.63) is 35.1 Å². The van der Waals surface area contributed by atoms with Gasteiger partial charge in [0.05, 0.1) is 5.56 Å². The average molecular weight is 267 g/mol. The molecule has 1 saturated heterocycles. The third kappa shape index (κ3) is 2.62. The Morgan fingerprint density at radius 3 is 2.37 bits per heavy atom. The van der Waals surface area contributed by atoms with Crippen molar-refractivity contribution in [1.29, 1.82) is 0 Å². The van der Waals surface area contributed by atoms with E-state index >= 15 is 0 Å². The maximum atomic E-state index is 14.0. The zero-order chi connectivity index (χ0) is 14.0. The standard InChI is InChI=1S/C14H18FNO3/c1-9-5-4-6-10(13(9)15)14(17)16-7-11(18-2)12(8-16)19-3/h4-6,11-12H,7-8H2,1-3H3. The number of rotatable bonds is 3. The summed E-state index contributed by atoms with van der Waals surface area (Å²) in [6.45, 7) is 2.48. The SMILES string of the molecule is COC1CN(C(=O)c2cccc(C)c2F)CC1OC. The second kappa shape index (κ2) is 5.67. The Kier molecular flexibility index (Phi) is 4.17. The summed E-state index contributed by atoms with van der Waals surface area (Å²) >= 11 is 0. The van der Waals surface area contributed by atoms with Crippen molar-refractivity contribution >= 4 is 5.91 Å². The molecular weight excluding hydrogens is 249 g/mol. The van der Waals surface area contributed by atoms with Crippen molar-refractivity contribution in [2.75, 3.05) is 27.3 Å². The predicted molar refractivity (Wildman–Crippen MR) is 68.6 cm³/mol. The summed E-state index contributed by atoms with van der Waals surface area (Å²) in [5.74, 6) is -0.773. The first kappa shape index (κ1) is 14.0. The molecule has 1 aliphatic rings. The van der Waals surface area contributed by atoms with Gasteiger partial charge in [0, 0.05) is 27.3 Å². The molecule has 1 aromatic rings. The predicted octanol–water partition coefficient (Wildman–Crippen LogP) is 1.62. The van der Waals surface area contributed by atoms with Crippen molar-refractivity contribution in [3.63, 3.8) is 0 Å². The van der Waals surface area contributed by atoms with Crippen molar-refractivity contribution in [2.24, 2.45) is 0 Å². The Morgan fingerprint density at radius 2 is 1.84 bits per heavy atom. The minimum Gasteiger partial charge on any atom is -0.377 e. The lowest BCUT2D eigenvalue weighted by atomic mass is 10.1. The van der Waals surface area contributed by atoms with E-state index in [2.05, 4.69) is 0 Å². The molecule has 0 N–H and O–H groups in total. The van der Waals surface area contributed by atoms with Gasteiger partial charge in [0.2, 0.25) is 0 Å². The van der Waals surface area contributed by atoms with Gasteiger partial charge < -0.3 is 14.4 Å². The molecule has 5 heteroatoms. The van der Waals surface area contributed by atoms with E-state index in [0.29, 0.717) is 18.7 Å². The molecule has 1 aromatic carbocycles. The molecule has 19 heavy (non-hydrogen) atoms. The molecule has 2 rings (SSSR count). The van der Waals surface area contributed by atoms with E-state index in [-0.39, 0.29) is 23.7 Å². The van der Waals surface area contributed by atoms with Gasteiger partial charge in [0.25, 0.3) is 5.91 Å². The fraction of sp³-hybridized carbons (Fsp3) is 0.500. The highest BCUT2D eigenvalue weighted by Gasteiger charge is 2.36. The summed E-state index contributed by atoms with van der Waals surface area (Å²) in [6.07, 6.45) is -0.330. The van der Waals surface area contributed by atoms with Gasteiger partial charge >= 0.3 is 0 Å². The van der Waals surface area contributed by atoms with Crippen LogP contribution < -0.4 is 0 Å². The van der Waals surface area contributed by atoms with Crippen LogP contribution >= 0.6 is 0 Å². The number of halogens is 1. The van der Waals surface area contributed by atoms with Crippen LogP contribution in [0.2, 0.25) is 0 Å². The highest BCUT2D eigenvalue weighted by Crippen LogP contribution is 2.20. The third-order valence-electron chi connectivity index (χ3n) is 3.53. The molecular formula is C14H18FNO3. The molecule has 0 bridgehead atoms. The van der Waals surface area contributed by atoms with Gasteiger partial charge in [-0.15, -0.1) is 0 Å². The number of hydrogen-bond acceptors (Lipinski definition) is 3. The number of ether oxygens (including phenoxy) is 2. The van der Waals surface area contributed by atoms with E-state index in [4.69, 9.17) is 9.47 Å². The summed E-state index contributed by atoms with van der Waals surface area (Å²) in [5, 5.41) is 0. The number of hydrogen-bond donors (Lipinski definition) is 0. The molecule has 1 aliphatic heterocycles. The highest BCUT2D eigenvalue weighted by molar-refractivity contribution is 5.95. The van der Waals surface area contributed by atoms with Crippen molar-refractivity contribution in [2.45, 2.75) is 19.1 Å². The number of carbonyl (C=O) groups excluding carboxylic acids is 1. The first-order chi connectivity index (χ1) is 9.08. The molecule has 0 aliphatic carbocycles. The van der Waals surface area contributed by atoms with E-state index in [9.17, 15) is 9.18 Å². The van der Waals surface area contributed by atoms with Gasteiger partial charge in [0.1, 0.15) is 18.0 Å². The molecule has 1 heterocycles. The maximum Gasteiger partial charge on any atom is 0.257 e. The quantitative estimate of drug-likeness (QED) is 0.835. The molecule has 0 saturated carbocycles. The number of amides is 1. The topological polar surface area (TPSA) is 38.8 Å². The molecule has 1 amide bonds. The van der Waals surface area contributed by atoms with Crippen LogP contribution in [0.3, 0.4) is 0 Å². The van der Waals surface area contributed by atoms with E-state index in [1.807, 2.05) is 0 Å². The Morgan fingerprint density at radius 1 is 1.26 bits per heavy atom. The summed E-state index contributed by atoms with van der Waals surface area (Å²) in [4.78, 5) is 13.9. The molecule has 2 unspecified atom stereocenters. The van der Waals surface area contributed by atoms with E-state index in [1.165, 1.54) is 6.07 Å². The Labute approximate surface area is 112 Å². The van der Waals surface area contributed by atoms with Crippen molar-refractivity contribution in [3.8, 4) is 0 Å². The van der Waals surface area contributed by atoms with E-state index in [1.54, 1.807) is 38.2 Å². The summed E-state index contributed by atoms with van der Waals surface area (Å²) in [6, 6.07) is 4.84. The Balaban J connectivity index is 2.19. The van der Waals surface area contributed by atoms with Gasteiger partial charge in [-0.25, -0.2) is 4.39 Å². The lowest BCUT2D eigenvalue weighted by molar-refractivity contribution is -0.00461. The molecule has 2 atom stereocenters. The monoisotopic (exact) mass is 267 g/mol. The van der Waals surface area contributed by atoms with Gasteiger partial charge in [0.15, 0.2) is 0 Å². The van der Waals surface area contributed by atoms with Gasteiger partial charge in [-0.2, -0.15) is 0 Å². The Hall–Kier alpha value is -1.46. The van der Waals surface area contributed by atoms with Crippen LogP contribution in [0.4, 0.5) is 4.39 Å². The third-order valence-corrected chi connectivity index (χ3v) is 3.53. The summed E-state index contributed by atoms with van der Waals surface area (Å²) in [7, 11) is 3.16. The fourth-order valence-corrected chi connectivity index (χ4v) is 2.35. The van der Waals surface area contributed by atoms with Crippen LogP contribution in [0, 0.1) is 12.7 Å². The number of nitrogens with zero attached hydrogens (tertiary/aromatic N) is 1. The van der Waals surface area contributed by atoms with Gasteiger partial charge in [-0.1, -0.05) is 12.1 Å². The van der Waals surface area contributed by atoms with Crippen LogP contribution in [0.25, 0.3) is 0 Å². The zero-order valence-corrected chi connectivity index (χ0v) is 11.4. The smallest absolute Gasteiger partial charge is 0.257 e. The zero-order valence-electron chi connectivity index (χ0n) is 11.4. The van der Waals surface area contributed by atoms with Gasteiger partial charge in [-0.3, -0.25) is 4.79 Å². The lowest BCUT2D eigenvalue weighted by Gasteiger charge is -2.16. The molecule has 104 valence electrons. The second-order valence-corrected chi connectivity index (χ2v) is 4.69. The molecule has 0 aromatic heterocycles. The largest absolute Gasteiger partial charge is 0.377 e. The second-order valence-electron chi connectivity index (χ2n) is 4.69. The van der Waals surface area contributed by atoms with Crippen LogP contribution in [0.15, 0.2) is 18.2 Å². The van der Waals surface area contributed by atoms with Gasteiger partial charge in [-0.05, 0) is 18.6 Å². The van der Waals surface area contributed by atoms with Crippen LogP contribution in [-0.4, -0.2) is 50.3 Å². The minimum atomic E-state index is -0.456. The van der Waals surface area contributed by atoms with Crippen molar-refractivity contribution in [1.82, 2.24) is 4.90 Å². The average Bonchev–Trinajstić information content (AvgIpc) is 2.84. The number of aryl methyl sites for hydroxylation is 1. The number of likely N-dealkylation sites (tertiary alicyclic amines) is 1.